The van der Waals surface area contributed by atoms with E-state index in [1.54, 1.807) is 11.9 Å². The van der Waals surface area contributed by atoms with Gasteiger partial charge in [-0.05, 0) is 31.9 Å². The van der Waals surface area contributed by atoms with Crippen molar-refractivity contribution in [1.29, 1.82) is 0 Å². The quantitative estimate of drug-likeness (QED) is 0.531. The molecule has 1 atom stereocenters. The summed E-state index contributed by atoms with van der Waals surface area (Å²) in [5.41, 5.74) is 4.63. The molecule has 0 bridgehead atoms. The first kappa shape index (κ1) is 23.0. The van der Waals surface area contributed by atoms with Crippen LogP contribution in [0, 0.1) is 13.8 Å². The van der Waals surface area contributed by atoms with Crippen LogP contribution in [0.15, 0.2) is 54.6 Å². The Balaban J connectivity index is 1.43. The molecule has 0 saturated carbocycles. The SMILES string of the molecule is Cc1nn(C2CCS(=O)(=O)C2)c(C)c1CN(C)C(=O)COc1ccccc1-c1ccccc1. The van der Waals surface area contributed by atoms with Crippen LogP contribution < -0.4 is 4.74 Å². The second kappa shape index (κ2) is 9.39. The van der Waals surface area contributed by atoms with Crippen molar-refractivity contribution in [2.24, 2.45) is 0 Å². The van der Waals surface area contributed by atoms with E-state index in [9.17, 15) is 13.2 Å². The Labute approximate surface area is 194 Å². The number of ether oxygens (including phenoxy) is 1. The highest BCUT2D eigenvalue weighted by molar-refractivity contribution is 7.91. The lowest BCUT2D eigenvalue weighted by molar-refractivity contribution is -0.132. The third-order valence-corrected chi connectivity index (χ3v) is 7.92. The Bertz CT molecular complexity index is 1250. The lowest BCUT2D eigenvalue weighted by atomic mass is 10.1. The average Bonchev–Trinajstić information content (AvgIpc) is 3.31. The monoisotopic (exact) mass is 467 g/mol. The second-order valence-corrected chi connectivity index (χ2v) is 10.8. The number of benzene rings is 2. The van der Waals surface area contributed by atoms with Crippen LogP contribution in [0.25, 0.3) is 11.1 Å². The van der Waals surface area contributed by atoms with E-state index in [1.807, 2.05) is 73.1 Å². The molecule has 1 aliphatic rings. The summed E-state index contributed by atoms with van der Waals surface area (Å²) in [6.45, 7) is 4.14. The number of aromatic nitrogens is 2. The molecule has 1 unspecified atom stereocenters. The standard InChI is InChI=1S/C25H29N3O4S/c1-18-23(19(2)28(26-18)21-13-14-33(30,31)17-21)15-27(3)25(29)16-32-24-12-8-7-11-22(24)20-9-5-4-6-10-20/h4-12,21H,13-17H2,1-3H3. The van der Waals surface area contributed by atoms with Gasteiger partial charge in [0.2, 0.25) is 0 Å². The van der Waals surface area contributed by atoms with Gasteiger partial charge in [-0.2, -0.15) is 5.10 Å². The maximum atomic E-state index is 12.8. The number of aryl methyl sites for hydroxylation is 1. The first-order valence-electron chi connectivity index (χ1n) is 11.0. The molecule has 33 heavy (non-hydrogen) atoms. The molecule has 2 aromatic carbocycles. The molecule has 0 N–H and O–H groups in total. The maximum absolute atomic E-state index is 12.8. The van der Waals surface area contributed by atoms with Gasteiger partial charge in [0.1, 0.15) is 5.75 Å². The van der Waals surface area contributed by atoms with Gasteiger partial charge in [0.15, 0.2) is 16.4 Å². The average molecular weight is 468 g/mol. The molecular formula is C25H29N3O4S. The number of likely N-dealkylation sites (N-methyl/N-ethyl adjacent to an activating group) is 1. The lowest BCUT2D eigenvalue weighted by Crippen LogP contribution is -2.31. The Morgan fingerprint density at radius 3 is 2.52 bits per heavy atom. The smallest absolute Gasteiger partial charge is 0.260 e. The number of para-hydroxylation sites is 1. The summed E-state index contributed by atoms with van der Waals surface area (Å²) in [4.78, 5) is 14.5. The van der Waals surface area contributed by atoms with E-state index in [0.29, 0.717) is 18.7 Å². The largest absolute Gasteiger partial charge is 0.483 e. The molecule has 1 aromatic heterocycles. The molecule has 174 valence electrons. The lowest BCUT2D eigenvalue weighted by Gasteiger charge is -2.19. The summed E-state index contributed by atoms with van der Waals surface area (Å²) in [5.74, 6) is 0.838. The molecule has 4 rings (SSSR count). The first-order chi connectivity index (χ1) is 15.7. The van der Waals surface area contributed by atoms with Crippen LogP contribution >= 0.6 is 0 Å². The molecule has 8 heteroatoms. The van der Waals surface area contributed by atoms with E-state index in [4.69, 9.17) is 4.74 Å². The third-order valence-electron chi connectivity index (χ3n) is 6.17. The summed E-state index contributed by atoms with van der Waals surface area (Å²) in [5, 5.41) is 4.59. The summed E-state index contributed by atoms with van der Waals surface area (Å²) < 4.78 is 31.5. The fourth-order valence-electron chi connectivity index (χ4n) is 4.27. The van der Waals surface area contributed by atoms with E-state index < -0.39 is 9.84 Å². The summed E-state index contributed by atoms with van der Waals surface area (Å²) in [7, 11) is -1.26. The molecule has 7 nitrogen and oxygen atoms in total. The number of hydrogen-bond acceptors (Lipinski definition) is 5. The second-order valence-electron chi connectivity index (χ2n) is 8.55. The zero-order valence-electron chi connectivity index (χ0n) is 19.2. The van der Waals surface area contributed by atoms with Crippen LogP contribution in [-0.2, 0) is 21.2 Å². The van der Waals surface area contributed by atoms with E-state index in [0.717, 1.165) is 28.1 Å². The van der Waals surface area contributed by atoms with Crippen LogP contribution in [-0.4, -0.2) is 54.2 Å². The molecule has 0 radical (unpaired) electrons. The predicted octanol–water partition coefficient (Wildman–Crippen LogP) is 3.56. The normalized spacial score (nSPS) is 17.1. The van der Waals surface area contributed by atoms with E-state index in [2.05, 4.69) is 5.10 Å². The van der Waals surface area contributed by atoms with Gasteiger partial charge < -0.3 is 9.64 Å². The number of hydrogen-bond donors (Lipinski definition) is 0. The molecular weight excluding hydrogens is 438 g/mol. The topological polar surface area (TPSA) is 81.5 Å². The fraction of sp³-hybridized carbons (Fsp3) is 0.360. The van der Waals surface area contributed by atoms with E-state index >= 15 is 0 Å². The molecule has 0 aliphatic carbocycles. The minimum atomic E-state index is -3.00. The minimum Gasteiger partial charge on any atom is -0.483 e. The number of nitrogens with zero attached hydrogens (tertiary/aromatic N) is 3. The Morgan fingerprint density at radius 1 is 1.12 bits per heavy atom. The highest BCUT2D eigenvalue weighted by Gasteiger charge is 2.31. The van der Waals surface area contributed by atoms with Crippen molar-refractivity contribution in [2.75, 3.05) is 25.2 Å². The predicted molar refractivity (Wildman–Crippen MR) is 128 cm³/mol. The summed E-state index contributed by atoms with van der Waals surface area (Å²) in [6, 6.07) is 17.5. The van der Waals surface area contributed by atoms with Crippen molar-refractivity contribution in [2.45, 2.75) is 32.9 Å². The zero-order chi connectivity index (χ0) is 23.6. The van der Waals surface area contributed by atoms with Gasteiger partial charge in [0.05, 0.1) is 23.2 Å². The van der Waals surface area contributed by atoms with Crippen LogP contribution in [0.3, 0.4) is 0 Å². The number of amides is 1. The molecule has 1 saturated heterocycles. The number of carbonyl (C=O) groups is 1. The maximum Gasteiger partial charge on any atom is 0.260 e. The molecule has 1 amide bonds. The van der Waals surface area contributed by atoms with Crippen molar-refractivity contribution < 1.29 is 17.9 Å². The highest BCUT2D eigenvalue weighted by Crippen LogP contribution is 2.30. The van der Waals surface area contributed by atoms with Gasteiger partial charge in [0.25, 0.3) is 5.91 Å². The Hall–Kier alpha value is -3.13. The summed E-state index contributed by atoms with van der Waals surface area (Å²) in [6.07, 6.45) is 0.577. The van der Waals surface area contributed by atoms with Crippen LogP contribution in [0.4, 0.5) is 0 Å². The van der Waals surface area contributed by atoms with Crippen molar-refractivity contribution in [3.63, 3.8) is 0 Å². The Kier molecular flexibility index (Phi) is 6.56. The molecule has 2 heterocycles. The van der Waals surface area contributed by atoms with Crippen LogP contribution in [0.2, 0.25) is 0 Å². The van der Waals surface area contributed by atoms with Gasteiger partial charge in [-0.15, -0.1) is 0 Å². The number of carbonyl (C=O) groups excluding carboxylic acids is 1. The molecule has 1 aliphatic heterocycles. The van der Waals surface area contributed by atoms with E-state index in [-0.39, 0.29) is 30.1 Å². The summed E-state index contributed by atoms with van der Waals surface area (Å²) >= 11 is 0. The first-order valence-corrected chi connectivity index (χ1v) is 12.8. The zero-order valence-corrected chi connectivity index (χ0v) is 20.0. The van der Waals surface area contributed by atoms with Crippen LogP contribution in [0.1, 0.15) is 29.4 Å². The van der Waals surface area contributed by atoms with Gasteiger partial charge in [-0.1, -0.05) is 48.5 Å². The van der Waals surface area contributed by atoms with Gasteiger partial charge in [0, 0.05) is 30.4 Å². The highest BCUT2D eigenvalue weighted by atomic mass is 32.2. The number of sulfone groups is 1. The Morgan fingerprint density at radius 2 is 1.82 bits per heavy atom. The minimum absolute atomic E-state index is 0.0759. The van der Waals surface area contributed by atoms with Crippen molar-refractivity contribution in [1.82, 2.24) is 14.7 Å². The molecule has 1 fully saturated rings. The fourth-order valence-corrected chi connectivity index (χ4v) is 5.97. The van der Waals surface area contributed by atoms with Crippen LogP contribution in [0.5, 0.6) is 5.75 Å². The van der Waals surface area contributed by atoms with Gasteiger partial charge >= 0.3 is 0 Å². The third kappa shape index (κ3) is 5.11. The molecule has 0 spiro atoms. The van der Waals surface area contributed by atoms with E-state index in [1.165, 1.54) is 0 Å². The van der Waals surface area contributed by atoms with Crippen molar-refractivity contribution in [3.05, 3.63) is 71.5 Å². The van der Waals surface area contributed by atoms with Gasteiger partial charge in [-0.25, -0.2) is 8.42 Å². The van der Waals surface area contributed by atoms with Crippen molar-refractivity contribution in [3.8, 4) is 16.9 Å². The number of rotatable bonds is 7. The molecule has 3 aromatic rings. The van der Waals surface area contributed by atoms with Crippen molar-refractivity contribution >= 4 is 15.7 Å². The van der Waals surface area contributed by atoms with Gasteiger partial charge in [-0.3, -0.25) is 9.48 Å².